The highest BCUT2D eigenvalue weighted by molar-refractivity contribution is 5.91. The van der Waals surface area contributed by atoms with Gasteiger partial charge in [0.05, 0.1) is 12.0 Å². The van der Waals surface area contributed by atoms with Crippen LogP contribution in [0.1, 0.15) is 46.3 Å². The molecule has 5 heteroatoms. The van der Waals surface area contributed by atoms with Crippen molar-refractivity contribution in [1.29, 1.82) is 0 Å². The summed E-state index contributed by atoms with van der Waals surface area (Å²) < 4.78 is 0. The van der Waals surface area contributed by atoms with E-state index < -0.39 is 5.97 Å². The summed E-state index contributed by atoms with van der Waals surface area (Å²) in [5.41, 5.74) is 5.13. The van der Waals surface area contributed by atoms with Crippen LogP contribution in [0.4, 0.5) is 5.69 Å². The van der Waals surface area contributed by atoms with E-state index in [1.54, 1.807) is 12.1 Å². The van der Waals surface area contributed by atoms with E-state index >= 15 is 0 Å². The largest absolute Gasteiger partial charge is 0.478 e. The Morgan fingerprint density at radius 2 is 1.50 bits per heavy atom. The first-order chi connectivity index (χ1) is 16.6. The summed E-state index contributed by atoms with van der Waals surface area (Å²) in [5, 5.41) is 12.2. The van der Waals surface area contributed by atoms with Gasteiger partial charge in [-0.2, -0.15) is 0 Å². The van der Waals surface area contributed by atoms with Crippen LogP contribution in [0.5, 0.6) is 0 Å². The molecule has 0 atom stereocenters. The van der Waals surface area contributed by atoms with Crippen LogP contribution >= 0.6 is 0 Å². The molecule has 3 aromatic carbocycles. The molecule has 34 heavy (non-hydrogen) atoms. The van der Waals surface area contributed by atoms with Crippen LogP contribution < -0.4 is 10.2 Å². The summed E-state index contributed by atoms with van der Waals surface area (Å²) in [6, 6.07) is 24.9. The Morgan fingerprint density at radius 1 is 0.824 bits per heavy atom. The molecule has 1 amide bonds. The maximum absolute atomic E-state index is 13.0. The Labute approximate surface area is 200 Å². The number of amides is 1. The number of piperidine rings is 1. The van der Waals surface area contributed by atoms with Crippen molar-refractivity contribution in [3.8, 4) is 0 Å². The molecular formula is C29H30N2O3. The maximum Gasteiger partial charge on any atom is 0.335 e. The number of nitrogens with zero attached hydrogens (tertiary/aromatic N) is 1. The lowest BCUT2D eigenvalue weighted by Gasteiger charge is -2.31. The highest BCUT2D eigenvalue weighted by Crippen LogP contribution is 2.29. The van der Waals surface area contributed by atoms with Crippen LogP contribution in [-0.2, 0) is 17.6 Å². The number of allylic oxidation sites excluding steroid dienone is 1. The molecule has 0 radical (unpaired) electrons. The zero-order chi connectivity index (χ0) is 23.8. The van der Waals surface area contributed by atoms with Gasteiger partial charge in [-0.1, -0.05) is 66.7 Å². The molecule has 5 nitrogen and oxygen atoms in total. The lowest BCUT2D eigenvalue weighted by molar-refractivity contribution is -0.119. The van der Waals surface area contributed by atoms with E-state index in [0.29, 0.717) is 6.42 Å². The van der Waals surface area contributed by atoms with Crippen LogP contribution in [0.2, 0.25) is 0 Å². The van der Waals surface area contributed by atoms with Gasteiger partial charge in [-0.15, -0.1) is 0 Å². The van der Waals surface area contributed by atoms with Gasteiger partial charge in [0, 0.05) is 30.0 Å². The number of aromatic carboxylic acids is 1. The van der Waals surface area contributed by atoms with Crippen LogP contribution in [0, 0.1) is 0 Å². The van der Waals surface area contributed by atoms with Crippen molar-refractivity contribution < 1.29 is 14.7 Å². The number of rotatable bonds is 8. The molecule has 1 saturated heterocycles. The van der Waals surface area contributed by atoms with E-state index in [9.17, 15) is 9.59 Å². The minimum absolute atomic E-state index is 0.129. The first kappa shape index (κ1) is 23.3. The van der Waals surface area contributed by atoms with Crippen LogP contribution in [0.15, 0.2) is 84.9 Å². The van der Waals surface area contributed by atoms with Gasteiger partial charge in [0.1, 0.15) is 0 Å². The average molecular weight is 455 g/mol. The van der Waals surface area contributed by atoms with Crippen molar-refractivity contribution in [2.75, 3.05) is 18.0 Å². The first-order valence-corrected chi connectivity index (χ1v) is 11.8. The highest BCUT2D eigenvalue weighted by atomic mass is 16.4. The monoisotopic (exact) mass is 454 g/mol. The van der Waals surface area contributed by atoms with Crippen molar-refractivity contribution in [2.24, 2.45) is 0 Å². The molecule has 1 heterocycles. The number of para-hydroxylation sites is 1. The molecule has 4 rings (SSSR count). The molecule has 1 aliphatic rings. The third-order valence-electron chi connectivity index (χ3n) is 6.12. The summed E-state index contributed by atoms with van der Waals surface area (Å²) in [6.45, 7) is 2.04. The zero-order valence-corrected chi connectivity index (χ0v) is 19.2. The fourth-order valence-electron chi connectivity index (χ4n) is 4.32. The number of anilines is 1. The number of carbonyl (C=O) groups is 2. The molecular weight excluding hydrogens is 424 g/mol. The van der Waals surface area contributed by atoms with Gasteiger partial charge in [-0.05, 0) is 55.0 Å². The van der Waals surface area contributed by atoms with E-state index in [0.717, 1.165) is 35.6 Å². The summed E-state index contributed by atoms with van der Waals surface area (Å²) in [7, 11) is 0. The van der Waals surface area contributed by atoms with Gasteiger partial charge in [0.15, 0.2) is 0 Å². The molecule has 2 N–H and O–H groups in total. The van der Waals surface area contributed by atoms with E-state index in [1.807, 2.05) is 30.3 Å². The Kier molecular flexibility index (Phi) is 7.76. The van der Waals surface area contributed by atoms with Gasteiger partial charge in [0.25, 0.3) is 0 Å². The minimum Gasteiger partial charge on any atom is -0.478 e. The molecule has 0 aromatic heterocycles. The van der Waals surface area contributed by atoms with E-state index in [1.165, 1.54) is 37.0 Å². The number of carboxylic acid groups (broad SMARTS) is 1. The molecule has 0 bridgehead atoms. The van der Waals surface area contributed by atoms with Crippen molar-refractivity contribution in [2.45, 2.75) is 32.1 Å². The van der Waals surface area contributed by atoms with Crippen molar-refractivity contribution >= 4 is 23.3 Å². The number of carbonyl (C=O) groups excluding carboxylic acids is 1. The minimum atomic E-state index is -0.976. The second-order valence-corrected chi connectivity index (χ2v) is 8.60. The molecule has 1 fully saturated rings. The van der Waals surface area contributed by atoms with Gasteiger partial charge in [-0.25, -0.2) is 4.79 Å². The zero-order valence-electron chi connectivity index (χ0n) is 19.2. The summed E-state index contributed by atoms with van der Waals surface area (Å²) in [4.78, 5) is 26.5. The molecule has 0 spiro atoms. The fourth-order valence-corrected chi connectivity index (χ4v) is 4.32. The van der Waals surface area contributed by atoms with E-state index in [2.05, 4.69) is 40.6 Å². The number of benzene rings is 3. The number of hydrogen-bond acceptors (Lipinski definition) is 3. The maximum atomic E-state index is 13.0. The summed E-state index contributed by atoms with van der Waals surface area (Å²) in [6.07, 6.45) is 6.58. The predicted octanol–water partition coefficient (Wildman–Crippen LogP) is 5.32. The highest BCUT2D eigenvalue weighted by Gasteiger charge is 2.18. The SMILES string of the molecule is O=C(Cc1ccc(C(=O)O)cc1)N/C(=C/Cc1ccccc1)c1ccccc1N1CCCCC1. The molecule has 0 saturated carbocycles. The smallest absolute Gasteiger partial charge is 0.335 e. The van der Waals surface area contributed by atoms with Crippen molar-refractivity contribution in [3.63, 3.8) is 0 Å². The normalized spacial score (nSPS) is 14.0. The third kappa shape index (κ3) is 6.13. The van der Waals surface area contributed by atoms with E-state index in [-0.39, 0.29) is 17.9 Å². The molecule has 1 aliphatic heterocycles. The van der Waals surface area contributed by atoms with Crippen LogP contribution in [0.25, 0.3) is 5.70 Å². The second-order valence-electron chi connectivity index (χ2n) is 8.60. The van der Waals surface area contributed by atoms with Crippen LogP contribution in [-0.4, -0.2) is 30.1 Å². The first-order valence-electron chi connectivity index (χ1n) is 11.8. The van der Waals surface area contributed by atoms with Crippen molar-refractivity contribution in [1.82, 2.24) is 5.32 Å². The molecule has 0 unspecified atom stereocenters. The third-order valence-corrected chi connectivity index (χ3v) is 6.12. The Balaban J connectivity index is 1.58. The number of carboxylic acids is 1. The topological polar surface area (TPSA) is 69.6 Å². The van der Waals surface area contributed by atoms with Crippen LogP contribution in [0.3, 0.4) is 0 Å². The Hall–Kier alpha value is -3.86. The summed E-state index contributed by atoms with van der Waals surface area (Å²) in [5.74, 6) is -1.10. The van der Waals surface area contributed by atoms with Gasteiger partial charge < -0.3 is 15.3 Å². The molecule has 174 valence electrons. The standard InChI is InChI=1S/C29H30N2O3/c32-28(21-23-13-16-24(17-14-23)29(33)34)30-26(18-15-22-9-3-1-4-10-22)25-11-5-6-12-27(25)31-19-7-2-8-20-31/h1,3-6,9-14,16-18H,2,7-8,15,19-21H2,(H,30,32)(H,33,34)/b26-18+. The van der Waals surface area contributed by atoms with Gasteiger partial charge >= 0.3 is 5.97 Å². The van der Waals surface area contributed by atoms with Gasteiger partial charge in [0.2, 0.25) is 5.91 Å². The lowest BCUT2D eigenvalue weighted by Crippen LogP contribution is -2.31. The Morgan fingerprint density at radius 3 is 2.21 bits per heavy atom. The average Bonchev–Trinajstić information content (AvgIpc) is 2.88. The quantitative estimate of drug-likeness (QED) is 0.483. The molecule has 3 aromatic rings. The fraction of sp³-hybridized carbons (Fsp3) is 0.241. The van der Waals surface area contributed by atoms with Crippen molar-refractivity contribution in [3.05, 3.63) is 107 Å². The van der Waals surface area contributed by atoms with E-state index in [4.69, 9.17) is 5.11 Å². The number of hydrogen-bond donors (Lipinski definition) is 2. The lowest BCUT2D eigenvalue weighted by atomic mass is 10.0. The van der Waals surface area contributed by atoms with Gasteiger partial charge in [-0.3, -0.25) is 4.79 Å². The predicted molar refractivity (Wildman–Crippen MR) is 136 cm³/mol. The number of nitrogens with one attached hydrogen (secondary N) is 1. The Bertz CT molecular complexity index is 1150. The molecule has 0 aliphatic carbocycles. The second kappa shape index (κ2) is 11.3. The summed E-state index contributed by atoms with van der Waals surface area (Å²) >= 11 is 0.